The molecule has 3 amide bonds. The molecule has 34 heavy (non-hydrogen) atoms. The molecule has 0 atom stereocenters. The van der Waals surface area contributed by atoms with E-state index in [2.05, 4.69) is 24.9 Å². The van der Waals surface area contributed by atoms with Crippen LogP contribution in [0, 0.1) is 0 Å². The molecule has 2 N–H and O–H groups in total. The number of rotatable bonds is 14. The number of nitrogens with zero attached hydrogens (tertiary/aromatic N) is 4. The van der Waals surface area contributed by atoms with E-state index in [-0.39, 0.29) is 43.0 Å². The van der Waals surface area contributed by atoms with Crippen molar-refractivity contribution in [2.24, 2.45) is 5.11 Å². The second-order valence-electron chi connectivity index (χ2n) is 6.62. The third-order valence-corrected chi connectivity index (χ3v) is 8.02. The number of sulfonamides is 1. The highest BCUT2D eigenvalue weighted by Gasteiger charge is 2.32. The molecule has 0 aliphatic carbocycles. The minimum Gasteiger partial charge on any atom is -0.355 e. The van der Waals surface area contributed by atoms with Crippen LogP contribution in [0.1, 0.15) is 25.7 Å². The average molecular weight is 531 g/mol. The van der Waals surface area contributed by atoms with Gasteiger partial charge in [-0.25, -0.2) is 17.9 Å². The monoisotopic (exact) mass is 530 g/mol. The summed E-state index contributed by atoms with van der Waals surface area (Å²) >= 11 is 0. The minimum atomic E-state index is -3.67. The zero-order chi connectivity index (χ0) is 25.0. The van der Waals surface area contributed by atoms with Gasteiger partial charge in [0.05, 0.1) is 11.3 Å². The van der Waals surface area contributed by atoms with Crippen molar-refractivity contribution in [3.05, 3.63) is 34.7 Å². The summed E-state index contributed by atoms with van der Waals surface area (Å²) in [4.78, 5) is 53.5. The van der Waals surface area contributed by atoms with Crippen LogP contribution in [0.4, 0.5) is 5.69 Å². The van der Waals surface area contributed by atoms with E-state index >= 15 is 0 Å². The molecule has 1 aliphatic rings. The molecule has 0 radical (unpaired) electrons. The number of amides is 3. The summed E-state index contributed by atoms with van der Waals surface area (Å²) < 4.78 is 26.9. The van der Waals surface area contributed by atoms with Crippen molar-refractivity contribution < 1.29 is 32.4 Å². The summed E-state index contributed by atoms with van der Waals surface area (Å²) in [6.45, 7) is 0.548. The third kappa shape index (κ3) is 9.23. The number of carbonyl (C=O) groups is 4. The Balaban J connectivity index is 1.52. The molecule has 2 rings (SSSR count). The summed E-state index contributed by atoms with van der Waals surface area (Å²) in [5.41, 5.74) is 8.68. The van der Waals surface area contributed by atoms with Gasteiger partial charge in [0, 0.05) is 54.5 Å². The number of azide groups is 1. The Morgan fingerprint density at radius 1 is 1.06 bits per heavy atom. The number of nitrogens with one attached hydrogen (secondary N) is 2. The van der Waals surface area contributed by atoms with Gasteiger partial charge in [0.15, 0.2) is 0 Å². The first kappa shape index (κ1) is 27.5. The Labute approximate surface area is 203 Å². The molecular weight excluding hydrogens is 508 g/mol. The molecule has 1 aliphatic heterocycles. The van der Waals surface area contributed by atoms with Crippen LogP contribution in [0.15, 0.2) is 34.3 Å². The molecular formula is C18H22N6O7S3. The highest BCUT2D eigenvalue weighted by atomic mass is 33.1. The number of imide groups is 1. The molecule has 16 heteroatoms. The van der Waals surface area contributed by atoms with Gasteiger partial charge in [-0.15, -0.1) is 5.06 Å². The van der Waals surface area contributed by atoms with Crippen LogP contribution >= 0.6 is 21.6 Å². The second-order valence-corrected chi connectivity index (χ2v) is 11.1. The molecule has 13 nitrogen and oxygen atoms in total. The predicted octanol–water partition coefficient (Wildman–Crippen LogP) is 1.79. The Morgan fingerprint density at radius 3 is 2.29 bits per heavy atom. The van der Waals surface area contributed by atoms with Crippen LogP contribution in [-0.2, 0) is 34.0 Å². The van der Waals surface area contributed by atoms with Crippen molar-refractivity contribution in [1.82, 2.24) is 15.1 Å². The first-order valence-corrected chi connectivity index (χ1v) is 13.9. The van der Waals surface area contributed by atoms with Crippen LogP contribution in [0.25, 0.3) is 10.4 Å². The van der Waals surface area contributed by atoms with E-state index in [1.165, 1.54) is 45.9 Å². The zero-order valence-corrected chi connectivity index (χ0v) is 20.3. The van der Waals surface area contributed by atoms with E-state index in [1.54, 1.807) is 0 Å². The summed E-state index contributed by atoms with van der Waals surface area (Å²) in [7, 11) is -0.802. The van der Waals surface area contributed by atoms with Gasteiger partial charge >= 0.3 is 5.97 Å². The lowest BCUT2D eigenvalue weighted by atomic mass is 10.3. The van der Waals surface area contributed by atoms with Gasteiger partial charge in [0.25, 0.3) is 11.8 Å². The molecule has 1 saturated heterocycles. The largest absolute Gasteiger partial charge is 0.355 e. The number of hydrogen-bond donors (Lipinski definition) is 2. The van der Waals surface area contributed by atoms with Gasteiger partial charge < -0.3 is 10.2 Å². The van der Waals surface area contributed by atoms with Crippen molar-refractivity contribution in [2.75, 3.05) is 24.6 Å². The smallest absolute Gasteiger partial charge is 0.333 e. The third-order valence-electron chi connectivity index (χ3n) is 4.13. The molecule has 1 aromatic rings. The summed E-state index contributed by atoms with van der Waals surface area (Å²) in [6.07, 6.45) is -0.401. The molecule has 0 aromatic heterocycles. The summed E-state index contributed by atoms with van der Waals surface area (Å²) in [5, 5.41) is 6.45. The molecule has 0 unspecified atom stereocenters. The van der Waals surface area contributed by atoms with Gasteiger partial charge in [-0.3, -0.25) is 14.4 Å². The van der Waals surface area contributed by atoms with E-state index in [9.17, 15) is 27.6 Å². The van der Waals surface area contributed by atoms with Crippen molar-refractivity contribution >= 4 is 61.0 Å². The van der Waals surface area contributed by atoms with Crippen molar-refractivity contribution in [3.63, 3.8) is 0 Å². The Hall–Kier alpha value is -2.78. The normalized spacial score (nSPS) is 13.5. The summed E-state index contributed by atoms with van der Waals surface area (Å²) in [6, 6.07) is 5.52. The molecule has 184 valence electrons. The van der Waals surface area contributed by atoms with Crippen LogP contribution < -0.4 is 10.0 Å². The zero-order valence-electron chi connectivity index (χ0n) is 17.8. The van der Waals surface area contributed by atoms with E-state index in [0.29, 0.717) is 28.8 Å². The number of hydroxylamine groups is 2. The maximum atomic E-state index is 12.2. The first-order chi connectivity index (χ1) is 16.2. The Bertz CT molecular complexity index is 1040. The van der Waals surface area contributed by atoms with E-state index in [4.69, 9.17) is 5.53 Å². The average Bonchev–Trinajstić information content (AvgIpc) is 3.12. The Kier molecular flexibility index (Phi) is 11.2. The quantitative estimate of drug-likeness (QED) is 0.0902. The maximum absolute atomic E-state index is 12.2. The van der Waals surface area contributed by atoms with Crippen molar-refractivity contribution in [2.45, 2.75) is 30.6 Å². The fraction of sp³-hybridized carbons (Fsp3) is 0.444. The lowest BCUT2D eigenvalue weighted by Crippen LogP contribution is -2.33. The standard InChI is InChI=1S/C18H22N6O7S3/c19-23-22-13-1-3-14(4-2-13)34(29,30)21-10-12-33-32-11-9-20-15(25)5-8-18(28)31-24-16(26)6-7-17(24)27/h1-4,21H,5-12H2,(H,20,25). The van der Waals surface area contributed by atoms with Crippen LogP contribution in [0.3, 0.4) is 0 Å². The van der Waals surface area contributed by atoms with Gasteiger partial charge in [-0.05, 0) is 17.7 Å². The number of hydrogen-bond acceptors (Lipinski definition) is 10. The van der Waals surface area contributed by atoms with E-state index in [0.717, 1.165) is 0 Å². The van der Waals surface area contributed by atoms with Gasteiger partial charge in [-0.1, -0.05) is 38.8 Å². The topological polar surface area (TPSA) is 188 Å². The highest BCUT2D eigenvalue weighted by molar-refractivity contribution is 8.76. The summed E-state index contributed by atoms with van der Waals surface area (Å²) in [5.74, 6) is -1.31. The van der Waals surface area contributed by atoms with Gasteiger partial charge in [-0.2, -0.15) is 0 Å². The molecule has 0 saturated carbocycles. The number of benzene rings is 1. The van der Waals surface area contributed by atoms with Gasteiger partial charge in [0.2, 0.25) is 15.9 Å². The Morgan fingerprint density at radius 2 is 1.68 bits per heavy atom. The van der Waals surface area contributed by atoms with Crippen LogP contribution in [-0.4, -0.2) is 61.8 Å². The fourth-order valence-electron chi connectivity index (χ4n) is 2.50. The first-order valence-electron chi connectivity index (χ1n) is 9.95. The second kappa shape index (κ2) is 13.8. The van der Waals surface area contributed by atoms with Crippen molar-refractivity contribution in [3.8, 4) is 0 Å². The SMILES string of the molecule is [N-]=[N+]=Nc1ccc(S(=O)(=O)NCCSSCCNC(=O)CCC(=O)ON2C(=O)CCC2=O)cc1. The van der Waals surface area contributed by atoms with Crippen LogP contribution in [0.2, 0.25) is 0 Å². The minimum absolute atomic E-state index is 0.00207. The van der Waals surface area contributed by atoms with E-state index < -0.39 is 27.8 Å². The molecule has 1 fully saturated rings. The predicted molar refractivity (Wildman–Crippen MR) is 125 cm³/mol. The fourth-order valence-corrected chi connectivity index (χ4v) is 5.48. The lowest BCUT2D eigenvalue weighted by molar-refractivity contribution is -0.197. The molecule has 1 aromatic carbocycles. The lowest BCUT2D eigenvalue weighted by Gasteiger charge is -2.12. The van der Waals surface area contributed by atoms with Crippen molar-refractivity contribution in [1.29, 1.82) is 0 Å². The van der Waals surface area contributed by atoms with Crippen LogP contribution in [0.5, 0.6) is 0 Å². The molecule has 0 spiro atoms. The van der Waals surface area contributed by atoms with Gasteiger partial charge in [0.1, 0.15) is 0 Å². The number of carbonyl (C=O) groups excluding carboxylic acids is 4. The molecule has 1 heterocycles. The highest BCUT2D eigenvalue weighted by Crippen LogP contribution is 2.20. The van der Waals surface area contributed by atoms with E-state index in [1.807, 2.05) is 0 Å². The molecule has 0 bridgehead atoms. The maximum Gasteiger partial charge on any atom is 0.333 e.